The van der Waals surface area contributed by atoms with Crippen molar-refractivity contribution in [2.24, 2.45) is 0 Å². The van der Waals surface area contributed by atoms with Crippen molar-refractivity contribution in [1.29, 1.82) is 0 Å². The Kier molecular flexibility index (Phi) is 27.6. The van der Waals surface area contributed by atoms with Crippen LogP contribution in [-0.2, 0) is 19.5 Å². The minimum Gasteiger partial charge on any atom is -0.234 e. The summed E-state index contributed by atoms with van der Waals surface area (Å²) in [5.41, 5.74) is 0. The Hall–Kier alpha value is -0.790. The highest BCUT2D eigenvalue weighted by atomic mass is 15.1. The minimum absolute atomic E-state index is 1.23. The summed E-state index contributed by atoms with van der Waals surface area (Å²) in [6, 6.07) is 0. The molecular formula is C38H75N2+. The highest BCUT2D eigenvalue weighted by molar-refractivity contribution is 4.84. The molecule has 0 aliphatic heterocycles. The lowest BCUT2D eigenvalue weighted by atomic mass is 10.0. The molecule has 0 aliphatic rings. The van der Waals surface area contributed by atoms with Gasteiger partial charge in [-0.05, 0) is 32.1 Å². The molecule has 1 heterocycles. The van der Waals surface area contributed by atoms with E-state index in [-0.39, 0.29) is 0 Å². The SMILES string of the molecule is CCCCCCCCCCCCCCCCCCn1cc[n+](CCCCCCCCC)c1CCCCCCCC. The van der Waals surface area contributed by atoms with Gasteiger partial charge in [0, 0.05) is 6.42 Å². The Labute approximate surface area is 253 Å². The van der Waals surface area contributed by atoms with Crippen LogP contribution in [0.25, 0.3) is 0 Å². The van der Waals surface area contributed by atoms with E-state index in [1.807, 2.05) is 0 Å². The summed E-state index contributed by atoms with van der Waals surface area (Å²) in [5.74, 6) is 1.61. The smallest absolute Gasteiger partial charge is 0.234 e. The summed E-state index contributed by atoms with van der Waals surface area (Å²) in [6.07, 6.45) is 47.4. The molecule has 2 nitrogen and oxygen atoms in total. The van der Waals surface area contributed by atoms with Crippen LogP contribution < -0.4 is 4.57 Å². The quantitative estimate of drug-likeness (QED) is 0.0613. The lowest BCUT2D eigenvalue weighted by Gasteiger charge is -2.07. The van der Waals surface area contributed by atoms with E-state index in [9.17, 15) is 0 Å². The summed E-state index contributed by atoms with van der Waals surface area (Å²) in [5, 5.41) is 0. The first-order valence-corrected chi connectivity index (χ1v) is 18.9. The monoisotopic (exact) mass is 560 g/mol. The minimum atomic E-state index is 1.23. The predicted molar refractivity (Wildman–Crippen MR) is 179 cm³/mol. The van der Waals surface area contributed by atoms with Crippen LogP contribution >= 0.6 is 0 Å². The second kappa shape index (κ2) is 29.7. The van der Waals surface area contributed by atoms with Crippen LogP contribution in [0, 0.1) is 0 Å². The van der Waals surface area contributed by atoms with Crippen LogP contribution in [0.15, 0.2) is 12.4 Å². The first-order valence-electron chi connectivity index (χ1n) is 18.9. The number of hydrogen-bond donors (Lipinski definition) is 0. The molecule has 0 unspecified atom stereocenters. The van der Waals surface area contributed by atoms with Gasteiger partial charge in [0.05, 0.1) is 13.1 Å². The maximum atomic E-state index is 2.62. The first kappa shape index (κ1) is 37.2. The van der Waals surface area contributed by atoms with Crippen molar-refractivity contribution in [2.75, 3.05) is 0 Å². The number of aryl methyl sites for hydroxylation is 2. The Morgan fingerprint density at radius 2 is 0.775 bits per heavy atom. The zero-order valence-electron chi connectivity index (χ0n) is 28.2. The molecule has 0 atom stereocenters. The first-order chi connectivity index (χ1) is 19.8. The molecule has 0 bridgehead atoms. The van der Waals surface area contributed by atoms with E-state index < -0.39 is 0 Å². The number of aromatic nitrogens is 2. The molecule has 0 saturated heterocycles. The maximum Gasteiger partial charge on any atom is 0.256 e. The van der Waals surface area contributed by atoms with Gasteiger partial charge in [-0.3, -0.25) is 0 Å². The van der Waals surface area contributed by atoms with Gasteiger partial charge in [-0.1, -0.05) is 175 Å². The van der Waals surface area contributed by atoms with Crippen molar-refractivity contribution in [1.82, 2.24) is 4.57 Å². The fraction of sp³-hybridized carbons (Fsp3) is 0.921. The van der Waals surface area contributed by atoms with Gasteiger partial charge in [-0.2, -0.15) is 0 Å². The molecule has 236 valence electrons. The predicted octanol–water partition coefficient (Wildman–Crippen LogP) is 12.7. The van der Waals surface area contributed by atoms with Gasteiger partial charge in [-0.25, -0.2) is 9.13 Å². The molecule has 1 aromatic rings. The second-order valence-corrected chi connectivity index (χ2v) is 13.0. The van der Waals surface area contributed by atoms with Crippen LogP contribution in [0.1, 0.15) is 213 Å². The fourth-order valence-corrected chi connectivity index (χ4v) is 6.33. The molecule has 0 saturated carbocycles. The Morgan fingerprint density at radius 3 is 1.20 bits per heavy atom. The van der Waals surface area contributed by atoms with Crippen LogP contribution in [0.3, 0.4) is 0 Å². The molecule has 1 aromatic heterocycles. The average molecular weight is 560 g/mol. The molecule has 1 rings (SSSR count). The van der Waals surface area contributed by atoms with E-state index in [0.29, 0.717) is 0 Å². The van der Waals surface area contributed by atoms with E-state index >= 15 is 0 Å². The van der Waals surface area contributed by atoms with Crippen molar-refractivity contribution >= 4 is 0 Å². The van der Waals surface area contributed by atoms with Crippen molar-refractivity contribution in [3.8, 4) is 0 Å². The van der Waals surface area contributed by atoms with Gasteiger partial charge < -0.3 is 0 Å². The Balaban J connectivity index is 2.18. The molecule has 0 N–H and O–H groups in total. The normalized spacial score (nSPS) is 11.6. The highest BCUT2D eigenvalue weighted by Crippen LogP contribution is 2.15. The summed E-state index contributed by atoms with van der Waals surface area (Å²) in [4.78, 5) is 0. The number of imidazole rings is 1. The standard InChI is InChI=1S/C38H75N2/c1-4-7-10-13-16-17-18-19-20-21-22-23-24-26-29-32-35-40-37-36-39(34-31-28-25-14-11-8-5-2)38(40)33-30-27-15-12-9-6-3/h36-37H,4-35H2,1-3H3/q+1. The van der Waals surface area contributed by atoms with Crippen LogP contribution in [0.4, 0.5) is 0 Å². The lowest BCUT2D eigenvalue weighted by Crippen LogP contribution is -2.37. The Morgan fingerprint density at radius 1 is 0.425 bits per heavy atom. The third-order valence-electron chi connectivity index (χ3n) is 9.10. The molecule has 2 heteroatoms. The topological polar surface area (TPSA) is 8.81 Å². The molecule has 0 fully saturated rings. The third-order valence-corrected chi connectivity index (χ3v) is 9.10. The van der Waals surface area contributed by atoms with Crippen LogP contribution in [-0.4, -0.2) is 4.57 Å². The third kappa shape index (κ3) is 21.9. The lowest BCUT2D eigenvalue weighted by molar-refractivity contribution is -0.704. The van der Waals surface area contributed by atoms with Crippen molar-refractivity contribution < 1.29 is 4.57 Å². The number of nitrogens with zero attached hydrogens (tertiary/aromatic N) is 2. The number of unbranched alkanes of at least 4 members (excludes halogenated alkanes) is 26. The largest absolute Gasteiger partial charge is 0.256 e. The van der Waals surface area contributed by atoms with E-state index in [2.05, 4.69) is 42.3 Å². The zero-order valence-corrected chi connectivity index (χ0v) is 28.2. The van der Waals surface area contributed by atoms with E-state index in [0.717, 1.165) is 0 Å². The summed E-state index contributed by atoms with van der Waals surface area (Å²) in [7, 11) is 0. The molecule has 0 radical (unpaired) electrons. The average Bonchev–Trinajstić information content (AvgIpc) is 3.35. The van der Waals surface area contributed by atoms with Crippen molar-refractivity contribution in [3.63, 3.8) is 0 Å². The molecule has 0 spiro atoms. The van der Waals surface area contributed by atoms with Gasteiger partial charge in [0.2, 0.25) is 0 Å². The van der Waals surface area contributed by atoms with Crippen molar-refractivity contribution in [3.05, 3.63) is 18.2 Å². The van der Waals surface area contributed by atoms with Gasteiger partial charge >= 0.3 is 0 Å². The highest BCUT2D eigenvalue weighted by Gasteiger charge is 2.16. The van der Waals surface area contributed by atoms with E-state index in [4.69, 9.17) is 0 Å². The summed E-state index contributed by atoms with van der Waals surface area (Å²) < 4.78 is 5.24. The number of rotatable bonds is 32. The molecule has 40 heavy (non-hydrogen) atoms. The molecule has 0 aliphatic carbocycles. The number of hydrogen-bond acceptors (Lipinski definition) is 0. The Bertz CT molecular complexity index is 619. The fourth-order valence-electron chi connectivity index (χ4n) is 6.33. The molecule has 0 amide bonds. The van der Waals surface area contributed by atoms with Crippen molar-refractivity contribution in [2.45, 2.75) is 226 Å². The van der Waals surface area contributed by atoms with E-state index in [1.165, 1.54) is 206 Å². The van der Waals surface area contributed by atoms with Gasteiger partial charge in [0.15, 0.2) is 0 Å². The molecule has 0 aromatic carbocycles. The zero-order chi connectivity index (χ0) is 28.8. The van der Waals surface area contributed by atoms with Gasteiger partial charge in [0.1, 0.15) is 12.4 Å². The maximum absolute atomic E-state index is 2.62. The second-order valence-electron chi connectivity index (χ2n) is 13.0. The van der Waals surface area contributed by atoms with Crippen LogP contribution in [0.2, 0.25) is 0 Å². The summed E-state index contributed by atoms with van der Waals surface area (Å²) in [6.45, 7) is 9.40. The molecular weight excluding hydrogens is 484 g/mol. The summed E-state index contributed by atoms with van der Waals surface area (Å²) >= 11 is 0. The van der Waals surface area contributed by atoms with Gasteiger partial charge in [0.25, 0.3) is 5.82 Å². The van der Waals surface area contributed by atoms with Gasteiger partial charge in [-0.15, -0.1) is 0 Å². The van der Waals surface area contributed by atoms with Crippen LogP contribution in [0.5, 0.6) is 0 Å². The van der Waals surface area contributed by atoms with E-state index in [1.54, 1.807) is 5.82 Å².